The summed E-state index contributed by atoms with van der Waals surface area (Å²) in [7, 11) is 0. The zero-order valence-corrected chi connectivity index (χ0v) is 22.6. The summed E-state index contributed by atoms with van der Waals surface area (Å²) >= 11 is 0. The van der Waals surface area contributed by atoms with Crippen LogP contribution in [0.4, 0.5) is 9.18 Å². The second-order valence-electron chi connectivity index (χ2n) is 9.40. The van der Waals surface area contributed by atoms with Gasteiger partial charge in [-0.05, 0) is 44.5 Å². The van der Waals surface area contributed by atoms with E-state index in [1.165, 1.54) is 16.9 Å². The summed E-state index contributed by atoms with van der Waals surface area (Å²) in [5, 5.41) is 6.98. The molecule has 0 aliphatic rings. The van der Waals surface area contributed by atoms with Gasteiger partial charge in [0.1, 0.15) is 43.5 Å². The van der Waals surface area contributed by atoms with Gasteiger partial charge < -0.3 is 29.2 Å². The second kappa shape index (κ2) is 11.9. The van der Waals surface area contributed by atoms with Gasteiger partial charge >= 0.3 is 12.1 Å². The van der Waals surface area contributed by atoms with E-state index in [2.05, 4.69) is 20.4 Å². The van der Waals surface area contributed by atoms with Crippen LogP contribution in [0.1, 0.15) is 23.7 Å². The van der Waals surface area contributed by atoms with Crippen molar-refractivity contribution >= 4 is 28.5 Å². The zero-order valence-electron chi connectivity index (χ0n) is 22.6. The van der Waals surface area contributed by atoms with Gasteiger partial charge in [0, 0.05) is 22.2 Å². The number of nitrogens with zero attached hydrogens (tertiary/aromatic N) is 3. The molecule has 1 atom stereocenters. The molecular weight excluding hydrogens is 533 g/mol. The van der Waals surface area contributed by atoms with E-state index in [9.17, 15) is 9.59 Å². The maximum atomic E-state index is 15.1. The van der Waals surface area contributed by atoms with Crippen molar-refractivity contribution in [2.75, 3.05) is 13.2 Å². The molecule has 12 heteroatoms. The molecule has 0 fully saturated rings. The van der Waals surface area contributed by atoms with E-state index in [-0.39, 0.29) is 31.4 Å². The molecule has 1 amide bonds. The molecule has 0 aliphatic heterocycles. The van der Waals surface area contributed by atoms with Gasteiger partial charge in [0.2, 0.25) is 5.88 Å². The number of rotatable bonds is 10. The maximum Gasteiger partial charge on any atom is 0.407 e. The van der Waals surface area contributed by atoms with Crippen molar-refractivity contribution in [3.63, 3.8) is 0 Å². The Bertz CT molecular complexity index is 1700. The molecule has 0 saturated carbocycles. The number of nitrogens with one attached hydrogen (secondary N) is 2. The molecular formula is C29H28FN5O6. The second-order valence-corrected chi connectivity index (χ2v) is 9.40. The fourth-order valence-corrected chi connectivity index (χ4v) is 4.22. The number of alkyl carbamates (subject to hydrolysis) is 1. The van der Waals surface area contributed by atoms with Crippen molar-refractivity contribution < 1.29 is 32.9 Å². The van der Waals surface area contributed by atoms with Gasteiger partial charge in [-0.1, -0.05) is 30.3 Å². The Labute approximate surface area is 234 Å². The molecule has 5 aromatic rings. The number of carbonyl (C=O) groups excluding carboxylic acids is 2. The smallest absolute Gasteiger partial charge is 0.407 e. The van der Waals surface area contributed by atoms with E-state index >= 15 is 4.39 Å². The van der Waals surface area contributed by atoms with Crippen molar-refractivity contribution in [1.29, 1.82) is 0 Å². The van der Waals surface area contributed by atoms with Crippen LogP contribution in [-0.4, -0.2) is 50.9 Å². The normalized spacial score (nSPS) is 11.8. The first-order valence-electron chi connectivity index (χ1n) is 12.8. The van der Waals surface area contributed by atoms with Gasteiger partial charge in [-0.25, -0.2) is 13.7 Å². The minimum Gasteiger partial charge on any atom is -0.488 e. The lowest BCUT2D eigenvalue weighted by Crippen LogP contribution is -2.33. The maximum absolute atomic E-state index is 15.1. The van der Waals surface area contributed by atoms with Crippen molar-refractivity contribution in [2.24, 2.45) is 0 Å². The van der Waals surface area contributed by atoms with Gasteiger partial charge in [0.25, 0.3) is 0 Å². The monoisotopic (exact) mass is 561 g/mol. The fraction of sp³-hybridized carbons (Fsp3) is 0.241. The van der Waals surface area contributed by atoms with Crippen LogP contribution in [0.5, 0.6) is 17.4 Å². The Hall–Kier alpha value is -5.13. The Morgan fingerprint density at radius 1 is 1.12 bits per heavy atom. The summed E-state index contributed by atoms with van der Waals surface area (Å²) in [4.78, 5) is 31.3. The van der Waals surface area contributed by atoms with Crippen molar-refractivity contribution in [3.8, 4) is 17.4 Å². The van der Waals surface area contributed by atoms with Gasteiger partial charge in [0.15, 0.2) is 11.6 Å². The summed E-state index contributed by atoms with van der Waals surface area (Å²) in [6.45, 7) is 5.07. The summed E-state index contributed by atoms with van der Waals surface area (Å²) in [6, 6.07) is 14.2. The summed E-state index contributed by atoms with van der Waals surface area (Å²) in [5.41, 5.74) is 3.48. The van der Waals surface area contributed by atoms with Gasteiger partial charge in [0.05, 0.1) is 6.20 Å². The van der Waals surface area contributed by atoms with Crippen LogP contribution in [0.15, 0.2) is 61.1 Å². The third-order valence-electron chi connectivity index (χ3n) is 6.19. The zero-order chi connectivity index (χ0) is 28.9. The molecule has 0 radical (unpaired) electrons. The number of esters is 1. The van der Waals surface area contributed by atoms with Crippen molar-refractivity contribution in [2.45, 2.75) is 33.5 Å². The number of fused-ring (bicyclic) bond motifs is 2. The van der Waals surface area contributed by atoms with Crippen LogP contribution in [0.3, 0.4) is 0 Å². The molecule has 3 heterocycles. The fourth-order valence-electron chi connectivity index (χ4n) is 4.22. The number of amides is 1. The quantitative estimate of drug-likeness (QED) is 0.228. The molecule has 212 valence electrons. The van der Waals surface area contributed by atoms with Gasteiger partial charge in [-0.15, -0.1) is 0 Å². The van der Waals surface area contributed by atoms with Crippen LogP contribution < -0.4 is 14.8 Å². The number of aryl methyl sites for hydroxylation is 2. The molecule has 11 nitrogen and oxygen atoms in total. The number of aromatic amines is 1. The van der Waals surface area contributed by atoms with Crippen LogP contribution in [0.2, 0.25) is 0 Å². The highest BCUT2D eigenvalue weighted by molar-refractivity contribution is 5.83. The van der Waals surface area contributed by atoms with E-state index in [0.717, 1.165) is 11.3 Å². The minimum atomic E-state index is -0.729. The summed E-state index contributed by atoms with van der Waals surface area (Å²) < 4.78 is 38.8. The average Bonchev–Trinajstić information content (AvgIpc) is 3.51. The van der Waals surface area contributed by atoms with Crippen LogP contribution >= 0.6 is 0 Å². The molecule has 41 heavy (non-hydrogen) atoms. The van der Waals surface area contributed by atoms with E-state index in [1.54, 1.807) is 32.2 Å². The van der Waals surface area contributed by atoms with E-state index in [0.29, 0.717) is 27.7 Å². The molecule has 2 aromatic carbocycles. The molecule has 0 bridgehead atoms. The minimum absolute atomic E-state index is 0.0262. The van der Waals surface area contributed by atoms with Gasteiger partial charge in [-0.3, -0.25) is 4.79 Å². The molecule has 0 saturated heterocycles. The predicted octanol–water partition coefficient (Wildman–Crippen LogP) is 5.00. The summed E-state index contributed by atoms with van der Waals surface area (Å²) in [6.07, 6.45) is 1.57. The highest BCUT2D eigenvalue weighted by Crippen LogP contribution is 2.34. The van der Waals surface area contributed by atoms with Crippen LogP contribution in [0, 0.1) is 19.7 Å². The van der Waals surface area contributed by atoms with Gasteiger partial charge in [-0.2, -0.15) is 10.1 Å². The van der Waals surface area contributed by atoms with Crippen LogP contribution in [0.25, 0.3) is 16.4 Å². The molecule has 0 spiro atoms. The number of hydrogen-bond acceptors (Lipinski definition) is 8. The van der Waals surface area contributed by atoms with Crippen molar-refractivity contribution in [3.05, 3.63) is 83.7 Å². The third-order valence-corrected chi connectivity index (χ3v) is 6.19. The number of carbonyl (C=O) groups is 2. The predicted molar refractivity (Wildman–Crippen MR) is 146 cm³/mol. The number of hydrogen-bond donors (Lipinski definition) is 2. The topological polar surface area (TPSA) is 129 Å². The number of ether oxygens (including phenoxy) is 4. The Kier molecular flexibility index (Phi) is 7.99. The molecule has 5 rings (SSSR count). The number of aromatic nitrogens is 4. The first-order valence-corrected chi connectivity index (χ1v) is 12.8. The molecule has 2 N–H and O–H groups in total. The average molecular weight is 562 g/mol. The number of benzene rings is 2. The lowest BCUT2D eigenvalue weighted by molar-refractivity contribution is -0.148. The summed E-state index contributed by atoms with van der Waals surface area (Å²) in [5.74, 6) is -0.507. The molecule has 0 unspecified atom stereocenters. The van der Waals surface area contributed by atoms with E-state index < -0.39 is 24.0 Å². The Morgan fingerprint density at radius 3 is 2.73 bits per heavy atom. The Morgan fingerprint density at radius 2 is 1.93 bits per heavy atom. The largest absolute Gasteiger partial charge is 0.488 e. The first kappa shape index (κ1) is 27.4. The van der Waals surface area contributed by atoms with Crippen LogP contribution in [-0.2, 0) is 20.9 Å². The first-order chi connectivity index (χ1) is 19.8. The lowest BCUT2D eigenvalue weighted by atomic mass is 10.2. The highest BCUT2D eigenvalue weighted by Gasteiger charge is 2.19. The molecule has 3 aromatic heterocycles. The highest BCUT2D eigenvalue weighted by atomic mass is 19.1. The Balaban J connectivity index is 1.16. The molecule has 0 aliphatic carbocycles. The van der Waals surface area contributed by atoms with E-state index in [1.807, 2.05) is 37.3 Å². The SMILES string of the molecule is Cc1cc2c(F)c(Oc3ncnn4cc(OC[C@@H](C)OC(=O)CNC(=O)OCc5ccccc5)c(C)c34)ccc2[nH]1. The van der Waals surface area contributed by atoms with E-state index in [4.69, 9.17) is 18.9 Å². The number of halogens is 1. The number of H-pyrrole nitrogens is 1. The third kappa shape index (κ3) is 6.38. The lowest BCUT2D eigenvalue weighted by Gasteiger charge is -2.14. The standard InChI is InChI=1S/C29H28FN5O6/c1-17-11-21-22(34-17)9-10-23(26(21)30)41-28-27-19(3)24(13-35(27)33-16-32-28)38-14-18(2)40-25(36)12-31-29(37)39-15-20-7-5-4-6-8-20/h4-11,13,16,18,34H,12,14-15H2,1-3H3,(H,31,37)/t18-/m1/s1. The van der Waals surface area contributed by atoms with Crippen molar-refractivity contribution in [1.82, 2.24) is 24.9 Å².